The van der Waals surface area contributed by atoms with Crippen molar-refractivity contribution in [1.82, 2.24) is 10.6 Å². The van der Waals surface area contributed by atoms with Gasteiger partial charge in [0.1, 0.15) is 12.4 Å². The summed E-state index contributed by atoms with van der Waals surface area (Å²) < 4.78 is 10.4. The predicted molar refractivity (Wildman–Crippen MR) is 77.7 cm³/mol. The fourth-order valence-electron chi connectivity index (χ4n) is 1.39. The summed E-state index contributed by atoms with van der Waals surface area (Å²) in [5, 5.41) is 5.69. The molecule has 0 heterocycles. The summed E-state index contributed by atoms with van der Waals surface area (Å²) in [4.78, 5) is 22.7. The van der Waals surface area contributed by atoms with E-state index in [1.807, 2.05) is 20.9 Å². The molecule has 0 radical (unpaired) electrons. The van der Waals surface area contributed by atoms with Crippen LogP contribution in [0, 0.1) is 5.92 Å². The molecule has 118 valence electrons. The summed E-state index contributed by atoms with van der Waals surface area (Å²) in [6, 6.07) is 0. The number of rotatable bonds is 13. The number of nitrogens with one attached hydrogen (secondary N) is 2. The third-order valence-corrected chi connectivity index (χ3v) is 2.67. The predicted octanol–water partition coefficient (Wildman–Crippen LogP) is 0.361. The van der Waals surface area contributed by atoms with Crippen LogP contribution in [0.1, 0.15) is 26.7 Å². The van der Waals surface area contributed by atoms with Gasteiger partial charge in [-0.2, -0.15) is 0 Å². The quantitative estimate of drug-likeness (QED) is 0.479. The molecule has 20 heavy (non-hydrogen) atoms. The molecule has 0 unspecified atom stereocenters. The van der Waals surface area contributed by atoms with Gasteiger partial charge in [-0.25, -0.2) is 0 Å². The van der Waals surface area contributed by atoms with E-state index in [4.69, 9.17) is 9.47 Å². The molecule has 0 aromatic rings. The maximum atomic E-state index is 11.4. The highest BCUT2D eigenvalue weighted by atomic mass is 16.5. The van der Waals surface area contributed by atoms with Crippen LogP contribution in [0.5, 0.6) is 0 Å². The number of ether oxygens (including phenoxy) is 2. The van der Waals surface area contributed by atoms with Crippen LogP contribution in [0.3, 0.4) is 0 Å². The monoisotopic (exact) mass is 288 g/mol. The lowest BCUT2D eigenvalue weighted by molar-refractivity contribution is -0.126. The Morgan fingerprint density at radius 2 is 1.75 bits per heavy atom. The molecule has 0 bridgehead atoms. The van der Waals surface area contributed by atoms with Crippen molar-refractivity contribution in [2.75, 3.05) is 46.6 Å². The summed E-state index contributed by atoms with van der Waals surface area (Å²) in [5.41, 5.74) is 0. The second-order valence-corrected chi connectivity index (χ2v) is 4.84. The van der Waals surface area contributed by atoms with E-state index in [-0.39, 0.29) is 24.2 Å². The molecule has 0 aromatic carbocycles. The molecule has 0 saturated carbocycles. The lowest BCUT2D eigenvalue weighted by Gasteiger charge is -2.07. The molecule has 2 N–H and O–H groups in total. The van der Waals surface area contributed by atoms with Crippen LogP contribution in [-0.2, 0) is 19.1 Å². The first-order valence-electron chi connectivity index (χ1n) is 7.17. The van der Waals surface area contributed by atoms with E-state index in [1.54, 1.807) is 0 Å². The second kappa shape index (κ2) is 13.0. The first-order chi connectivity index (χ1) is 9.57. The third kappa shape index (κ3) is 12.1. The summed E-state index contributed by atoms with van der Waals surface area (Å²) in [5.74, 6) is 0.142. The number of likely N-dealkylation sites (N-methyl/N-ethyl adjacent to an activating group) is 1. The van der Waals surface area contributed by atoms with Gasteiger partial charge in [-0.3, -0.25) is 9.59 Å². The van der Waals surface area contributed by atoms with Crippen LogP contribution >= 0.6 is 0 Å². The van der Waals surface area contributed by atoms with Crippen molar-refractivity contribution < 1.29 is 19.1 Å². The fraction of sp³-hybridized carbons (Fsp3) is 0.857. The first kappa shape index (κ1) is 19.0. The van der Waals surface area contributed by atoms with Gasteiger partial charge in [-0.15, -0.1) is 0 Å². The Kier molecular flexibility index (Phi) is 12.4. The van der Waals surface area contributed by atoms with E-state index in [1.165, 1.54) is 0 Å². The van der Waals surface area contributed by atoms with Gasteiger partial charge in [0.2, 0.25) is 5.91 Å². The molecule has 0 fully saturated rings. The molecular weight excluding hydrogens is 260 g/mol. The summed E-state index contributed by atoms with van der Waals surface area (Å²) in [6.07, 6.45) is 1.19. The average Bonchev–Trinajstić information content (AvgIpc) is 2.42. The number of hydrogen-bond donors (Lipinski definition) is 2. The van der Waals surface area contributed by atoms with Crippen molar-refractivity contribution >= 4 is 11.7 Å². The van der Waals surface area contributed by atoms with Crippen LogP contribution in [0.25, 0.3) is 0 Å². The Bertz CT molecular complexity index is 270. The van der Waals surface area contributed by atoms with Crippen LogP contribution in [0.2, 0.25) is 0 Å². The largest absolute Gasteiger partial charge is 0.378 e. The molecule has 0 atom stereocenters. The van der Waals surface area contributed by atoms with Gasteiger partial charge in [0.15, 0.2) is 0 Å². The Balaban J connectivity index is 3.31. The summed E-state index contributed by atoms with van der Waals surface area (Å²) in [6.45, 7) is 6.64. The first-order valence-corrected chi connectivity index (χ1v) is 7.17. The van der Waals surface area contributed by atoms with Gasteiger partial charge in [-0.05, 0) is 13.5 Å². The minimum atomic E-state index is -0.155. The molecular formula is C14H28N2O4. The Morgan fingerprint density at radius 1 is 1.05 bits per heavy atom. The van der Waals surface area contributed by atoms with E-state index in [0.29, 0.717) is 39.2 Å². The lowest BCUT2D eigenvalue weighted by Crippen LogP contribution is -2.29. The summed E-state index contributed by atoms with van der Waals surface area (Å²) in [7, 11) is 1.86. The average molecular weight is 288 g/mol. The van der Waals surface area contributed by atoms with Crippen molar-refractivity contribution in [3.8, 4) is 0 Å². The van der Waals surface area contributed by atoms with E-state index < -0.39 is 0 Å². The molecule has 1 amide bonds. The molecule has 0 aromatic heterocycles. The number of carbonyl (C=O) groups is 2. The fourth-order valence-corrected chi connectivity index (χ4v) is 1.39. The minimum Gasteiger partial charge on any atom is -0.378 e. The van der Waals surface area contributed by atoms with Crippen LogP contribution in [0.15, 0.2) is 0 Å². The van der Waals surface area contributed by atoms with Gasteiger partial charge >= 0.3 is 0 Å². The maximum Gasteiger partial charge on any atom is 0.245 e. The van der Waals surface area contributed by atoms with Crippen molar-refractivity contribution in [3.05, 3.63) is 0 Å². The van der Waals surface area contributed by atoms with Crippen molar-refractivity contribution in [2.45, 2.75) is 26.7 Å². The number of carbonyl (C=O) groups excluding carboxylic acids is 2. The standard InChI is InChI=1S/C14H28N2O4/c1-12(2)13(17)5-4-6-16-14(18)11-20-10-9-19-8-7-15-3/h12,15H,4-11H2,1-3H3,(H,16,18). The summed E-state index contributed by atoms with van der Waals surface area (Å²) >= 11 is 0. The van der Waals surface area contributed by atoms with E-state index in [9.17, 15) is 9.59 Å². The molecule has 6 nitrogen and oxygen atoms in total. The molecule has 0 aliphatic rings. The highest BCUT2D eigenvalue weighted by Gasteiger charge is 2.07. The van der Waals surface area contributed by atoms with E-state index in [0.717, 1.165) is 6.54 Å². The zero-order valence-corrected chi connectivity index (χ0v) is 12.9. The van der Waals surface area contributed by atoms with Gasteiger partial charge in [-0.1, -0.05) is 13.8 Å². The minimum absolute atomic E-state index is 0.0352. The van der Waals surface area contributed by atoms with E-state index >= 15 is 0 Å². The van der Waals surface area contributed by atoms with Gasteiger partial charge in [0.25, 0.3) is 0 Å². The normalized spacial score (nSPS) is 10.8. The van der Waals surface area contributed by atoms with Crippen molar-refractivity contribution in [2.24, 2.45) is 5.92 Å². The smallest absolute Gasteiger partial charge is 0.245 e. The highest BCUT2D eigenvalue weighted by Crippen LogP contribution is 2.00. The number of ketones is 1. The molecule has 6 heteroatoms. The van der Waals surface area contributed by atoms with E-state index in [2.05, 4.69) is 10.6 Å². The highest BCUT2D eigenvalue weighted by molar-refractivity contribution is 5.80. The zero-order valence-electron chi connectivity index (χ0n) is 12.9. The Morgan fingerprint density at radius 3 is 2.40 bits per heavy atom. The molecule has 0 aliphatic carbocycles. The number of amides is 1. The molecule has 0 saturated heterocycles. The van der Waals surface area contributed by atoms with Crippen molar-refractivity contribution in [1.29, 1.82) is 0 Å². The SMILES string of the molecule is CNCCOCCOCC(=O)NCCCC(=O)C(C)C. The second-order valence-electron chi connectivity index (χ2n) is 4.84. The van der Waals surface area contributed by atoms with Crippen LogP contribution < -0.4 is 10.6 Å². The van der Waals surface area contributed by atoms with Gasteiger partial charge in [0.05, 0.1) is 19.8 Å². The number of Topliss-reactive ketones (excluding diaryl/α,β-unsaturated/α-hetero) is 1. The third-order valence-electron chi connectivity index (χ3n) is 2.67. The van der Waals surface area contributed by atoms with Gasteiger partial charge < -0.3 is 20.1 Å². The zero-order chi connectivity index (χ0) is 15.2. The maximum absolute atomic E-state index is 11.4. The van der Waals surface area contributed by atoms with Gasteiger partial charge in [0, 0.05) is 25.4 Å². The Hall–Kier alpha value is -0.980. The molecule has 0 rings (SSSR count). The topological polar surface area (TPSA) is 76.7 Å². The lowest BCUT2D eigenvalue weighted by atomic mass is 10.1. The number of hydrogen-bond acceptors (Lipinski definition) is 5. The molecule has 0 spiro atoms. The van der Waals surface area contributed by atoms with Crippen molar-refractivity contribution in [3.63, 3.8) is 0 Å². The molecule has 0 aliphatic heterocycles. The Labute approximate surface area is 121 Å². The van der Waals surface area contributed by atoms with Crippen LogP contribution in [0.4, 0.5) is 0 Å². The van der Waals surface area contributed by atoms with Crippen LogP contribution in [-0.4, -0.2) is 58.3 Å².